The Morgan fingerprint density at radius 3 is 2.74 bits per heavy atom. The van der Waals surface area contributed by atoms with Gasteiger partial charge in [-0.2, -0.15) is 0 Å². The van der Waals surface area contributed by atoms with E-state index in [9.17, 15) is 13.6 Å². The molecule has 1 unspecified atom stereocenters. The third-order valence-electron chi connectivity index (χ3n) is 2.60. The van der Waals surface area contributed by atoms with Crippen molar-refractivity contribution in [1.29, 1.82) is 0 Å². The number of carbonyl (C=O) groups excluding carboxylic acids is 1. The maximum atomic E-state index is 13.6. The summed E-state index contributed by atoms with van der Waals surface area (Å²) in [6.07, 6.45) is 0. The molecule has 0 radical (unpaired) electrons. The van der Waals surface area contributed by atoms with Crippen molar-refractivity contribution in [2.45, 2.75) is 13.0 Å². The Morgan fingerprint density at radius 2 is 2.11 bits per heavy atom. The van der Waals surface area contributed by atoms with Gasteiger partial charge in [-0.3, -0.25) is 4.79 Å². The monoisotopic (exact) mass is 393 g/mol. The number of carbonyl (C=O) groups is 1. The molecule has 2 aromatic rings. The maximum absolute atomic E-state index is 13.6. The predicted octanol–water partition coefficient (Wildman–Crippen LogP) is 4.12. The molecule has 0 saturated carbocycles. The van der Waals surface area contributed by atoms with Gasteiger partial charge < -0.3 is 5.32 Å². The smallest absolute Gasteiger partial charge is 0.252 e. The van der Waals surface area contributed by atoms with Gasteiger partial charge in [0.1, 0.15) is 11.6 Å². The van der Waals surface area contributed by atoms with Gasteiger partial charge in [-0.05, 0) is 53.8 Å². The second-order valence-corrected chi connectivity index (χ2v) is 6.81. The van der Waals surface area contributed by atoms with Crippen LogP contribution in [0.5, 0.6) is 0 Å². The van der Waals surface area contributed by atoms with Gasteiger partial charge in [0.2, 0.25) is 0 Å². The largest absolute Gasteiger partial charge is 0.345 e. The molecule has 1 aromatic heterocycles. The molecule has 0 spiro atoms. The van der Waals surface area contributed by atoms with Gasteiger partial charge in [-0.25, -0.2) is 8.78 Å². The number of halogens is 3. The fourth-order valence-corrected chi connectivity index (χ4v) is 2.96. The van der Waals surface area contributed by atoms with Crippen LogP contribution in [0.4, 0.5) is 8.78 Å². The molecule has 1 aromatic carbocycles. The fourth-order valence-electron chi connectivity index (χ4n) is 1.63. The summed E-state index contributed by atoms with van der Waals surface area (Å²) < 4.78 is 27.6. The lowest BCUT2D eigenvalue weighted by Gasteiger charge is -2.14. The number of rotatable bonds is 3. The number of hydrogen-bond acceptors (Lipinski definition) is 2. The molecule has 100 valence electrons. The van der Waals surface area contributed by atoms with Gasteiger partial charge in [0.05, 0.1) is 14.5 Å². The van der Waals surface area contributed by atoms with Crippen LogP contribution in [0.2, 0.25) is 0 Å². The zero-order valence-electron chi connectivity index (χ0n) is 9.91. The normalized spacial score (nSPS) is 12.2. The van der Waals surface area contributed by atoms with Crippen molar-refractivity contribution in [3.8, 4) is 0 Å². The second kappa shape index (κ2) is 5.96. The molecule has 1 heterocycles. The van der Waals surface area contributed by atoms with Gasteiger partial charge in [0, 0.05) is 10.9 Å². The number of thiophene rings is 1. The Bertz CT molecular complexity index is 614. The van der Waals surface area contributed by atoms with Crippen LogP contribution in [0.15, 0.2) is 29.6 Å². The highest BCUT2D eigenvalue weighted by atomic mass is 127. The minimum atomic E-state index is -0.597. The van der Waals surface area contributed by atoms with E-state index in [1.54, 1.807) is 18.4 Å². The van der Waals surface area contributed by atoms with Crippen LogP contribution in [0.1, 0.15) is 28.9 Å². The second-order valence-electron chi connectivity index (χ2n) is 4.00. The van der Waals surface area contributed by atoms with E-state index in [-0.39, 0.29) is 11.5 Å². The standard InChI is InChI=1S/C13H10F2INOS/c1-7(10-5-9(14)2-3-11(10)15)17-13(18)8-4-12(16)19-6-8/h2-7H,1H3,(H,17,18). The lowest BCUT2D eigenvalue weighted by Crippen LogP contribution is -2.27. The summed E-state index contributed by atoms with van der Waals surface area (Å²) in [7, 11) is 0. The fraction of sp³-hybridized carbons (Fsp3) is 0.154. The van der Waals surface area contributed by atoms with Crippen LogP contribution in [0.25, 0.3) is 0 Å². The van der Waals surface area contributed by atoms with Crippen LogP contribution >= 0.6 is 33.9 Å². The Hall–Kier alpha value is -1.02. The quantitative estimate of drug-likeness (QED) is 0.782. The summed E-state index contributed by atoms with van der Waals surface area (Å²) in [6, 6.07) is 4.35. The Kier molecular flexibility index (Phi) is 4.51. The molecule has 0 aliphatic rings. The zero-order chi connectivity index (χ0) is 14.0. The Labute approximate surface area is 127 Å². The van der Waals surface area contributed by atoms with E-state index in [1.165, 1.54) is 11.3 Å². The summed E-state index contributed by atoms with van der Waals surface area (Å²) >= 11 is 3.57. The molecule has 1 amide bonds. The average molecular weight is 393 g/mol. The van der Waals surface area contributed by atoms with Gasteiger partial charge in [0.25, 0.3) is 5.91 Å². The molecule has 0 aliphatic heterocycles. The molecule has 0 aliphatic carbocycles. The van der Waals surface area contributed by atoms with Gasteiger partial charge in [-0.1, -0.05) is 0 Å². The molecule has 0 saturated heterocycles. The van der Waals surface area contributed by atoms with E-state index in [2.05, 4.69) is 27.9 Å². The molecule has 6 heteroatoms. The van der Waals surface area contributed by atoms with E-state index in [0.29, 0.717) is 5.56 Å². The molecule has 19 heavy (non-hydrogen) atoms. The maximum Gasteiger partial charge on any atom is 0.252 e. The van der Waals surface area contributed by atoms with Crippen molar-refractivity contribution >= 4 is 39.8 Å². The molecule has 2 rings (SSSR count). The first-order chi connectivity index (χ1) is 8.97. The molecule has 1 N–H and O–H groups in total. The molecule has 2 nitrogen and oxygen atoms in total. The van der Waals surface area contributed by atoms with Crippen molar-refractivity contribution in [2.24, 2.45) is 0 Å². The first-order valence-corrected chi connectivity index (χ1v) is 7.43. The number of hydrogen-bond donors (Lipinski definition) is 1. The average Bonchev–Trinajstić information content (AvgIpc) is 2.79. The van der Waals surface area contributed by atoms with Crippen molar-refractivity contribution in [2.75, 3.05) is 0 Å². The minimum absolute atomic E-state index is 0.137. The Balaban J connectivity index is 2.14. The van der Waals surface area contributed by atoms with Crippen molar-refractivity contribution in [3.05, 3.63) is 55.3 Å². The first kappa shape index (κ1) is 14.4. The SMILES string of the molecule is CC(NC(=O)c1csc(I)c1)c1cc(F)ccc1F. The van der Waals surface area contributed by atoms with Crippen LogP contribution < -0.4 is 5.32 Å². The third-order valence-corrected chi connectivity index (χ3v) is 4.39. The van der Waals surface area contributed by atoms with Crippen molar-refractivity contribution < 1.29 is 13.6 Å². The molecule has 1 atom stereocenters. The van der Waals surface area contributed by atoms with Crippen LogP contribution in [0, 0.1) is 14.5 Å². The highest BCUT2D eigenvalue weighted by molar-refractivity contribution is 14.1. The lowest BCUT2D eigenvalue weighted by molar-refractivity contribution is 0.0939. The molecule has 0 fully saturated rings. The van der Waals surface area contributed by atoms with E-state index in [1.807, 2.05) is 0 Å². The van der Waals surface area contributed by atoms with Gasteiger partial charge in [-0.15, -0.1) is 11.3 Å². The minimum Gasteiger partial charge on any atom is -0.345 e. The summed E-state index contributed by atoms with van der Waals surface area (Å²) in [5.74, 6) is -1.35. The van der Waals surface area contributed by atoms with Gasteiger partial charge >= 0.3 is 0 Å². The highest BCUT2D eigenvalue weighted by Gasteiger charge is 2.16. The third kappa shape index (κ3) is 3.50. The van der Waals surface area contributed by atoms with E-state index in [0.717, 1.165) is 21.1 Å². The zero-order valence-corrected chi connectivity index (χ0v) is 12.9. The van der Waals surface area contributed by atoms with Gasteiger partial charge in [0.15, 0.2) is 0 Å². The molecule has 0 bridgehead atoms. The Morgan fingerprint density at radius 1 is 1.37 bits per heavy atom. The molecular weight excluding hydrogens is 383 g/mol. The van der Waals surface area contributed by atoms with Crippen LogP contribution in [-0.2, 0) is 0 Å². The summed E-state index contributed by atoms with van der Waals surface area (Å²) in [5.41, 5.74) is 0.663. The van der Waals surface area contributed by atoms with Crippen molar-refractivity contribution in [3.63, 3.8) is 0 Å². The first-order valence-electron chi connectivity index (χ1n) is 5.47. The topological polar surface area (TPSA) is 29.1 Å². The summed E-state index contributed by atoms with van der Waals surface area (Å²) in [6.45, 7) is 1.62. The highest BCUT2D eigenvalue weighted by Crippen LogP contribution is 2.20. The van der Waals surface area contributed by atoms with Crippen LogP contribution in [0.3, 0.4) is 0 Å². The lowest BCUT2D eigenvalue weighted by atomic mass is 10.1. The van der Waals surface area contributed by atoms with Crippen molar-refractivity contribution in [1.82, 2.24) is 5.32 Å². The summed E-state index contributed by atoms with van der Waals surface area (Å²) in [5, 5.41) is 4.38. The number of benzene rings is 1. The van der Waals surface area contributed by atoms with E-state index < -0.39 is 17.7 Å². The van der Waals surface area contributed by atoms with E-state index >= 15 is 0 Å². The molecular formula is C13H10F2INOS. The van der Waals surface area contributed by atoms with Crippen LogP contribution in [-0.4, -0.2) is 5.91 Å². The van der Waals surface area contributed by atoms with E-state index in [4.69, 9.17) is 0 Å². The summed E-state index contributed by atoms with van der Waals surface area (Å²) in [4.78, 5) is 11.9. The predicted molar refractivity (Wildman–Crippen MR) is 79.3 cm³/mol. The number of amides is 1. The number of nitrogens with one attached hydrogen (secondary N) is 1.